The predicted molar refractivity (Wildman–Crippen MR) is 117 cm³/mol. The van der Waals surface area contributed by atoms with Crippen LogP contribution >= 0.6 is 0 Å². The Morgan fingerprint density at radius 1 is 1.03 bits per heavy atom. The van der Waals surface area contributed by atoms with Crippen molar-refractivity contribution in [2.45, 2.75) is 38.1 Å². The van der Waals surface area contributed by atoms with Gasteiger partial charge in [-0.1, -0.05) is 18.6 Å². The number of hydrogen-bond acceptors (Lipinski definition) is 5. The Kier molecular flexibility index (Phi) is 8.75. The lowest BCUT2D eigenvalue weighted by atomic mass is 9.86. The molecule has 34 heavy (non-hydrogen) atoms. The average molecular weight is 480 g/mol. The molecule has 3 N–H and O–H groups in total. The van der Waals surface area contributed by atoms with Crippen molar-refractivity contribution in [1.82, 2.24) is 10.6 Å². The molecular weight excluding hydrogens is 453 g/mol. The van der Waals surface area contributed by atoms with E-state index in [0.717, 1.165) is 25.0 Å². The Hall–Kier alpha value is -3.27. The molecule has 0 aliphatic heterocycles. The fourth-order valence-corrected chi connectivity index (χ4v) is 3.39. The molecule has 0 saturated heterocycles. The van der Waals surface area contributed by atoms with E-state index in [9.17, 15) is 22.8 Å². The van der Waals surface area contributed by atoms with Crippen LogP contribution in [0.15, 0.2) is 48.5 Å². The minimum Gasteiger partial charge on any atom is -0.493 e. The van der Waals surface area contributed by atoms with Crippen LogP contribution in [0.1, 0.15) is 35.2 Å². The van der Waals surface area contributed by atoms with Gasteiger partial charge in [-0.15, -0.1) is 13.2 Å². The SMILES string of the molecule is O=C(NC(Cc1ccc(OC(F)(F)F)cc1)C(=O)NCCO)c1ccc(OCC2CCC2)cc1. The monoisotopic (exact) mass is 480 g/mol. The number of halogens is 3. The summed E-state index contributed by atoms with van der Waals surface area (Å²) in [5.74, 6) is -0.177. The summed E-state index contributed by atoms with van der Waals surface area (Å²) in [5, 5.41) is 14.1. The van der Waals surface area contributed by atoms with Gasteiger partial charge in [-0.2, -0.15) is 0 Å². The van der Waals surface area contributed by atoms with E-state index in [2.05, 4.69) is 15.4 Å². The summed E-state index contributed by atoms with van der Waals surface area (Å²) in [4.78, 5) is 25.3. The standard InChI is InChI=1S/C24H27F3N2O5/c25-24(26,27)34-20-8-4-16(5-9-20)14-21(23(32)28-12-13-30)29-22(31)18-6-10-19(11-7-18)33-15-17-2-1-3-17/h4-11,17,21,30H,1-3,12-15H2,(H,28,32)(H,29,31). The zero-order chi connectivity index (χ0) is 24.6. The molecule has 0 radical (unpaired) electrons. The zero-order valence-corrected chi connectivity index (χ0v) is 18.4. The van der Waals surface area contributed by atoms with Gasteiger partial charge in [0.25, 0.3) is 5.91 Å². The summed E-state index contributed by atoms with van der Waals surface area (Å²) in [6.45, 7) is 0.361. The third-order valence-electron chi connectivity index (χ3n) is 5.46. The second-order valence-electron chi connectivity index (χ2n) is 8.07. The first kappa shape index (κ1) is 25.4. The number of carbonyl (C=O) groups is 2. The van der Waals surface area contributed by atoms with Crippen molar-refractivity contribution in [3.63, 3.8) is 0 Å². The van der Waals surface area contributed by atoms with Crippen LogP contribution in [-0.4, -0.2) is 49.1 Å². The van der Waals surface area contributed by atoms with Crippen molar-refractivity contribution < 1.29 is 37.3 Å². The summed E-state index contributed by atoms with van der Waals surface area (Å²) in [6.07, 6.45) is -1.22. The van der Waals surface area contributed by atoms with Crippen molar-refractivity contribution in [3.05, 3.63) is 59.7 Å². The molecule has 184 valence electrons. The fourth-order valence-electron chi connectivity index (χ4n) is 3.39. The van der Waals surface area contributed by atoms with Gasteiger partial charge in [0.15, 0.2) is 0 Å². The molecule has 0 spiro atoms. The third-order valence-corrected chi connectivity index (χ3v) is 5.46. The Morgan fingerprint density at radius 2 is 1.68 bits per heavy atom. The van der Waals surface area contributed by atoms with Gasteiger partial charge in [-0.05, 0) is 60.7 Å². The first-order valence-electron chi connectivity index (χ1n) is 11.0. The van der Waals surface area contributed by atoms with Crippen LogP contribution in [0.25, 0.3) is 0 Å². The van der Waals surface area contributed by atoms with Gasteiger partial charge in [0.1, 0.15) is 17.5 Å². The fraction of sp³-hybridized carbons (Fsp3) is 0.417. The third kappa shape index (κ3) is 7.95. The van der Waals surface area contributed by atoms with Gasteiger partial charge in [-0.3, -0.25) is 9.59 Å². The highest BCUT2D eigenvalue weighted by Gasteiger charge is 2.31. The molecule has 2 aromatic rings. The first-order chi connectivity index (χ1) is 16.2. The second kappa shape index (κ2) is 11.7. The van der Waals surface area contributed by atoms with Crippen LogP contribution in [0.5, 0.6) is 11.5 Å². The maximum absolute atomic E-state index is 12.7. The summed E-state index contributed by atoms with van der Waals surface area (Å²) in [7, 11) is 0. The van der Waals surface area contributed by atoms with E-state index in [4.69, 9.17) is 9.84 Å². The number of carbonyl (C=O) groups excluding carboxylic acids is 2. The Balaban J connectivity index is 1.62. The number of rotatable bonds is 11. The van der Waals surface area contributed by atoms with Crippen molar-refractivity contribution in [2.24, 2.45) is 5.92 Å². The molecular formula is C24H27F3N2O5. The molecule has 1 aliphatic carbocycles. The molecule has 1 fully saturated rings. The summed E-state index contributed by atoms with van der Waals surface area (Å²) in [6, 6.07) is 10.6. The lowest BCUT2D eigenvalue weighted by Gasteiger charge is -2.25. The van der Waals surface area contributed by atoms with Gasteiger partial charge in [-0.25, -0.2) is 0 Å². The minimum atomic E-state index is -4.81. The van der Waals surface area contributed by atoms with Crippen LogP contribution in [0.2, 0.25) is 0 Å². The number of nitrogens with one attached hydrogen (secondary N) is 2. The zero-order valence-electron chi connectivity index (χ0n) is 18.4. The van der Waals surface area contributed by atoms with Gasteiger partial charge < -0.3 is 25.2 Å². The van der Waals surface area contributed by atoms with Crippen molar-refractivity contribution >= 4 is 11.8 Å². The van der Waals surface area contributed by atoms with E-state index < -0.39 is 24.2 Å². The number of hydrogen-bond donors (Lipinski definition) is 3. The van der Waals surface area contributed by atoms with Crippen LogP contribution < -0.4 is 20.1 Å². The maximum atomic E-state index is 12.7. The van der Waals surface area contributed by atoms with Gasteiger partial charge in [0, 0.05) is 18.5 Å². The lowest BCUT2D eigenvalue weighted by molar-refractivity contribution is -0.274. The molecule has 1 aliphatic rings. The van der Waals surface area contributed by atoms with E-state index in [0.29, 0.717) is 29.4 Å². The van der Waals surface area contributed by atoms with Crippen LogP contribution in [0, 0.1) is 5.92 Å². The number of alkyl halides is 3. The molecule has 1 saturated carbocycles. The van der Waals surface area contributed by atoms with Crippen molar-refractivity contribution in [1.29, 1.82) is 0 Å². The molecule has 7 nitrogen and oxygen atoms in total. The molecule has 3 rings (SSSR count). The Labute approximate surface area is 195 Å². The van der Waals surface area contributed by atoms with E-state index in [1.165, 1.54) is 18.6 Å². The van der Waals surface area contributed by atoms with Crippen LogP contribution in [0.4, 0.5) is 13.2 Å². The molecule has 2 amide bonds. The van der Waals surface area contributed by atoms with Crippen LogP contribution in [0.3, 0.4) is 0 Å². The highest BCUT2D eigenvalue weighted by molar-refractivity contribution is 5.97. The molecule has 0 heterocycles. The van der Waals surface area contributed by atoms with E-state index >= 15 is 0 Å². The summed E-state index contributed by atoms with van der Waals surface area (Å²) < 4.78 is 46.6. The first-order valence-corrected chi connectivity index (χ1v) is 11.0. The highest BCUT2D eigenvalue weighted by Crippen LogP contribution is 2.27. The number of ether oxygens (including phenoxy) is 2. The van der Waals surface area contributed by atoms with Gasteiger partial charge in [0.2, 0.25) is 5.91 Å². The van der Waals surface area contributed by atoms with Gasteiger partial charge in [0.05, 0.1) is 13.2 Å². The highest BCUT2D eigenvalue weighted by atomic mass is 19.4. The molecule has 10 heteroatoms. The molecule has 2 aromatic carbocycles. The quantitative estimate of drug-likeness (QED) is 0.459. The summed E-state index contributed by atoms with van der Waals surface area (Å²) >= 11 is 0. The Bertz CT molecular complexity index is 945. The Morgan fingerprint density at radius 3 is 2.24 bits per heavy atom. The average Bonchev–Trinajstić information content (AvgIpc) is 2.76. The maximum Gasteiger partial charge on any atom is 0.573 e. The van der Waals surface area contributed by atoms with E-state index in [-0.39, 0.29) is 25.3 Å². The summed E-state index contributed by atoms with van der Waals surface area (Å²) in [5.41, 5.74) is 0.837. The van der Waals surface area contributed by atoms with Crippen LogP contribution in [-0.2, 0) is 11.2 Å². The number of aliphatic hydroxyl groups excluding tert-OH is 1. The van der Waals surface area contributed by atoms with Gasteiger partial charge >= 0.3 is 6.36 Å². The van der Waals surface area contributed by atoms with E-state index in [1.807, 2.05) is 0 Å². The number of aliphatic hydroxyl groups is 1. The van der Waals surface area contributed by atoms with Crippen molar-refractivity contribution in [3.8, 4) is 11.5 Å². The second-order valence-corrected chi connectivity index (χ2v) is 8.07. The van der Waals surface area contributed by atoms with E-state index in [1.54, 1.807) is 24.3 Å². The molecule has 0 aromatic heterocycles. The molecule has 1 atom stereocenters. The normalized spacial score (nSPS) is 14.6. The minimum absolute atomic E-state index is 0.00338. The molecule has 1 unspecified atom stereocenters. The predicted octanol–water partition coefficient (Wildman–Crippen LogP) is 3.21. The van der Waals surface area contributed by atoms with Crippen molar-refractivity contribution in [2.75, 3.05) is 19.8 Å². The number of amides is 2. The lowest BCUT2D eigenvalue weighted by Crippen LogP contribution is -2.48. The number of benzene rings is 2. The molecule has 0 bridgehead atoms. The largest absolute Gasteiger partial charge is 0.573 e. The topological polar surface area (TPSA) is 96.9 Å². The smallest absolute Gasteiger partial charge is 0.493 e.